The molecule has 1 aliphatic carbocycles. The van der Waals surface area contributed by atoms with E-state index >= 15 is 0 Å². The molecule has 4 heteroatoms. The molecule has 1 N–H and O–H groups in total. The summed E-state index contributed by atoms with van der Waals surface area (Å²) in [6.07, 6.45) is 5.14. The summed E-state index contributed by atoms with van der Waals surface area (Å²) >= 11 is 0. The van der Waals surface area contributed by atoms with Crippen molar-refractivity contribution in [1.82, 2.24) is 4.98 Å². The van der Waals surface area contributed by atoms with Crippen LogP contribution in [-0.4, -0.2) is 22.7 Å². The van der Waals surface area contributed by atoms with E-state index in [4.69, 9.17) is 9.84 Å². The summed E-state index contributed by atoms with van der Waals surface area (Å²) in [7, 11) is 0. The lowest BCUT2D eigenvalue weighted by Crippen LogP contribution is -2.08. The minimum absolute atomic E-state index is 0.0655. The van der Waals surface area contributed by atoms with Crippen LogP contribution in [0, 0.1) is 0 Å². The lowest BCUT2D eigenvalue weighted by Gasteiger charge is -2.17. The van der Waals surface area contributed by atoms with Crippen molar-refractivity contribution in [3.05, 3.63) is 82.7 Å². The highest BCUT2D eigenvalue weighted by atomic mass is 16.5. The summed E-state index contributed by atoms with van der Waals surface area (Å²) in [5.41, 5.74) is 9.02. The third kappa shape index (κ3) is 3.79. The Morgan fingerprint density at radius 3 is 2.75 bits per heavy atom. The highest BCUT2D eigenvalue weighted by Crippen LogP contribution is 2.43. The summed E-state index contributed by atoms with van der Waals surface area (Å²) < 4.78 is 5.77. The molecule has 164 valence electrons. The fourth-order valence-electron chi connectivity index (χ4n) is 5.40. The van der Waals surface area contributed by atoms with Crippen molar-refractivity contribution in [2.24, 2.45) is 0 Å². The van der Waals surface area contributed by atoms with E-state index in [1.807, 2.05) is 6.20 Å². The van der Waals surface area contributed by atoms with Crippen LogP contribution < -0.4 is 4.74 Å². The number of nitrogens with zero attached hydrogens (tertiary/aromatic N) is 1. The lowest BCUT2D eigenvalue weighted by atomic mass is 9.88. The molecule has 1 unspecified atom stereocenters. The molecule has 2 atom stereocenters. The van der Waals surface area contributed by atoms with E-state index in [9.17, 15) is 4.79 Å². The van der Waals surface area contributed by atoms with Crippen LogP contribution in [0.2, 0.25) is 0 Å². The Kier molecular flexibility index (Phi) is 5.46. The van der Waals surface area contributed by atoms with Crippen molar-refractivity contribution < 1.29 is 14.6 Å². The SMILES string of the molecule is CC(C)c1ccccc1-c1cccc2c1CC[C@H]2Cc1cnc2c(c1)OCC2CC(=O)O. The molecular formula is C28H29NO3. The van der Waals surface area contributed by atoms with Crippen molar-refractivity contribution in [2.45, 2.75) is 57.3 Å². The summed E-state index contributed by atoms with van der Waals surface area (Å²) in [6.45, 7) is 4.92. The summed E-state index contributed by atoms with van der Waals surface area (Å²) in [4.78, 5) is 15.7. The number of pyridine rings is 1. The number of ether oxygens (including phenoxy) is 1. The van der Waals surface area contributed by atoms with Gasteiger partial charge in [-0.15, -0.1) is 0 Å². The Morgan fingerprint density at radius 1 is 1.12 bits per heavy atom. The Bertz CT molecular complexity index is 1170. The van der Waals surface area contributed by atoms with Gasteiger partial charge >= 0.3 is 5.97 Å². The topological polar surface area (TPSA) is 59.4 Å². The Morgan fingerprint density at radius 2 is 1.94 bits per heavy atom. The molecule has 2 aliphatic rings. The van der Waals surface area contributed by atoms with Crippen LogP contribution in [0.1, 0.15) is 72.4 Å². The summed E-state index contributed by atoms with van der Waals surface area (Å²) in [5.74, 6) is 0.752. The van der Waals surface area contributed by atoms with E-state index in [0.29, 0.717) is 18.4 Å². The number of carbonyl (C=O) groups is 1. The van der Waals surface area contributed by atoms with Crippen molar-refractivity contribution >= 4 is 5.97 Å². The summed E-state index contributed by atoms with van der Waals surface area (Å²) in [5, 5.41) is 9.11. The second kappa shape index (κ2) is 8.42. The van der Waals surface area contributed by atoms with E-state index in [1.165, 1.54) is 27.8 Å². The second-order valence-electron chi connectivity index (χ2n) is 9.39. The van der Waals surface area contributed by atoms with Crippen molar-refractivity contribution in [3.8, 4) is 16.9 Å². The fourth-order valence-corrected chi connectivity index (χ4v) is 5.40. The number of carboxylic acids is 1. The molecule has 32 heavy (non-hydrogen) atoms. The van der Waals surface area contributed by atoms with Crippen molar-refractivity contribution in [3.63, 3.8) is 0 Å². The zero-order chi connectivity index (χ0) is 22.2. The predicted molar refractivity (Wildman–Crippen MR) is 125 cm³/mol. The maximum atomic E-state index is 11.1. The molecule has 1 aromatic heterocycles. The average Bonchev–Trinajstić information content (AvgIpc) is 3.37. The van der Waals surface area contributed by atoms with Crippen LogP contribution in [0.25, 0.3) is 11.1 Å². The molecule has 0 saturated heterocycles. The van der Waals surface area contributed by atoms with E-state index in [1.54, 1.807) is 0 Å². The van der Waals surface area contributed by atoms with Gasteiger partial charge in [-0.3, -0.25) is 9.78 Å². The van der Waals surface area contributed by atoms with Gasteiger partial charge in [0.2, 0.25) is 0 Å². The zero-order valence-corrected chi connectivity index (χ0v) is 18.7. The molecule has 5 rings (SSSR count). The zero-order valence-electron chi connectivity index (χ0n) is 18.7. The monoisotopic (exact) mass is 427 g/mol. The maximum Gasteiger partial charge on any atom is 0.304 e. The molecule has 0 bridgehead atoms. The first kappa shape index (κ1) is 20.7. The average molecular weight is 428 g/mol. The third-order valence-corrected chi connectivity index (χ3v) is 6.94. The Hall–Kier alpha value is -3.14. The molecule has 2 heterocycles. The number of fused-ring (bicyclic) bond motifs is 2. The van der Waals surface area contributed by atoms with Gasteiger partial charge in [-0.2, -0.15) is 0 Å². The molecule has 4 nitrogen and oxygen atoms in total. The second-order valence-corrected chi connectivity index (χ2v) is 9.39. The highest BCUT2D eigenvalue weighted by Gasteiger charge is 2.30. The van der Waals surface area contributed by atoms with Crippen LogP contribution in [0.3, 0.4) is 0 Å². The molecule has 1 aliphatic heterocycles. The van der Waals surface area contributed by atoms with Gasteiger partial charge in [-0.05, 0) is 70.5 Å². The van der Waals surface area contributed by atoms with Gasteiger partial charge in [-0.25, -0.2) is 0 Å². The van der Waals surface area contributed by atoms with Gasteiger partial charge in [0.05, 0.1) is 18.7 Å². The van der Waals surface area contributed by atoms with Crippen molar-refractivity contribution in [1.29, 1.82) is 0 Å². The molecule has 2 aromatic carbocycles. The van der Waals surface area contributed by atoms with Gasteiger partial charge in [-0.1, -0.05) is 56.3 Å². The molecule has 0 saturated carbocycles. The highest BCUT2D eigenvalue weighted by molar-refractivity contribution is 5.73. The van der Waals surface area contributed by atoms with Gasteiger partial charge in [0.1, 0.15) is 5.75 Å². The Balaban J connectivity index is 1.41. The normalized spacial score (nSPS) is 19.0. The number of benzene rings is 2. The minimum Gasteiger partial charge on any atom is -0.491 e. The standard InChI is InChI=1S/C28H29NO3/c1-17(2)21-6-3-4-7-23(21)24-9-5-8-22-19(10-11-25(22)24)12-18-13-26-28(29-15-18)20(16-32-26)14-27(30)31/h3-9,13,15,17,19-20H,10-12,14,16H2,1-2H3,(H,30,31)/t19-,20?/m0/s1. The molecule has 0 fully saturated rings. The number of carboxylic acid groups (broad SMARTS) is 1. The lowest BCUT2D eigenvalue weighted by molar-refractivity contribution is -0.137. The van der Waals surface area contributed by atoms with Crippen LogP contribution in [0.4, 0.5) is 0 Å². The molecule has 0 amide bonds. The van der Waals surface area contributed by atoms with Crippen LogP contribution >= 0.6 is 0 Å². The minimum atomic E-state index is -0.810. The summed E-state index contributed by atoms with van der Waals surface area (Å²) in [6, 6.07) is 17.6. The van der Waals surface area contributed by atoms with E-state index < -0.39 is 5.97 Å². The molecule has 0 spiro atoms. The smallest absolute Gasteiger partial charge is 0.304 e. The largest absolute Gasteiger partial charge is 0.491 e. The van der Waals surface area contributed by atoms with Gasteiger partial charge < -0.3 is 9.84 Å². The van der Waals surface area contributed by atoms with Gasteiger partial charge in [0, 0.05) is 12.1 Å². The van der Waals surface area contributed by atoms with Crippen LogP contribution in [-0.2, 0) is 17.6 Å². The number of hydrogen-bond donors (Lipinski definition) is 1. The number of aromatic nitrogens is 1. The Labute approximate surface area is 189 Å². The van der Waals surface area contributed by atoms with Crippen LogP contribution in [0.15, 0.2) is 54.7 Å². The van der Waals surface area contributed by atoms with Gasteiger partial charge in [0.15, 0.2) is 0 Å². The fraction of sp³-hybridized carbons (Fsp3) is 0.357. The molecular weight excluding hydrogens is 398 g/mol. The van der Waals surface area contributed by atoms with E-state index in [-0.39, 0.29) is 12.3 Å². The first-order valence-corrected chi connectivity index (χ1v) is 11.6. The number of rotatable bonds is 6. The number of aliphatic carboxylic acids is 1. The van der Waals surface area contributed by atoms with E-state index in [2.05, 4.69) is 67.4 Å². The first-order chi connectivity index (χ1) is 15.5. The third-order valence-electron chi connectivity index (χ3n) is 6.94. The van der Waals surface area contributed by atoms with E-state index in [0.717, 1.165) is 36.3 Å². The molecule has 0 radical (unpaired) electrons. The molecule has 3 aromatic rings. The maximum absolute atomic E-state index is 11.1. The van der Waals surface area contributed by atoms with Crippen LogP contribution in [0.5, 0.6) is 5.75 Å². The van der Waals surface area contributed by atoms with Crippen molar-refractivity contribution in [2.75, 3.05) is 6.61 Å². The quantitative estimate of drug-likeness (QED) is 0.517. The number of hydrogen-bond acceptors (Lipinski definition) is 3. The first-order valence-electron chi connectivity index (χ1n) is 11.6. The predicted octanol–water partition coefficient (Wildman–Crippen LogP) is 6.10. The van der Waals surface area contributed by atoms with Gasteiger partial charge in [0.25, 0.3) is 0 Å².